The minimum absolute atomic E-state index is 0.0458. The number of carbonyl (C=O) groups excluding carboxylic acids is 2. The van der Waals surface area contributed by atoms with Crippen molar-refractivity contribution in [3.63, 3.8) is 0 Å². The van der Waals surface area contributed by atoms with Gasteiger partial charge in [-0.3, -0.25) is 9.59 Å². The molecule has 5 nitrogen and oxygen atoms in total. The Bertz CT molecular complexity index is 800. The van der Waals surface area contributed by atoms with E-state index in [1.165, 1.54) is 0 Å². The van der Waals surface area contributed by atoms with E-state index in [1.807, 2.05) is 30.0 Å². The average molecular weight is 402 g/mol. The Morgan fingerprint density at radius 1 is 1.00 bits per heavy atom. The highest BCUT2D eigenvalue weighted by Crippen LogP contribution is 2.20. The van der Waals surface area contributed by atoms with Crippen molar-refractivity contribution in [2.45, 2.75) is 33.6 Å². The first-order valence-corrected chi connectivity index (χ1v) is 10.0. The maximum absolute atomic E-state index is 12.6. The number of amides is 2. The molecule has 0 aromatic heterocycles. The van der Waals surface area contributed by atoms with Crippen LogP contribution >= 0.6 is 11.6 Å². The highest BCUT2D eigenvalue weighted by atomic mass is 35.5. The lowest BCUT2D eigenvalue weighted by atomic mass is 10.1. The Kier molecular flexibility index (Phi) is 8.33. The summed E-state index contributed by atoms with van der Waals surface area (Å²) in [5, 5.41) is 6.50. The van der Waals surface area contributed by atoms with Crippen LogP contribution in [0.15, 0.2) is 42.5 Å². The molecule has 6 heteroatoms. The molecule has 0 saturated heterocycles. The number of anilines is 2. The summed E-state index contributed by atoms with van der Waals surface area (Å²) in [5.41, 5.74) is 3.09. The number of nitrogens with zero attached hydrogens (tertiary/aromatic N) is 1. The van der Waals surface area contributed by atoms with E-state index >= 15 is 0 Å². The Labute approximate surface area is 172 Å². The molecule has 0 unspecified atom stereocenters. The van der Waals surface area contributed by atoms with E-state index in [4.69, 9.17) is 11.6 Å². The van der Waals surface area contributed by atoms with Crippen LogP contribution in [-0.2, 0) is 4.79 Å². The number of halogens is 1. The van der Waals surface area contributed by atoms with Gasteiger partial charge in [-0.1, -0.05) is 31.5 Å². The summed E-state index contributed by atoms with van der Waals surface area (Å²) < 4.78 is 0. The van der Waals surface area contributed by atoms with Crippen LogP contribution < -0.4 is 10.6 Å². The highest BCUT2D eigenvalue weighted by Gasteiger charge is 2.14. The molecule has 0 aliphatic carbocycles. The van der Waals surface area contributed by atoms with E-state index in [0.29, 0.717) is 16.3 Å². The molecule has 0 aliphatic heterocycles. The van der Waals surface area contributed by atoms with E-state index in [1.54, 1.807) is 24.3 Å². The smallest absolute Gasteiger partial charge is 0.253 e. The lowest BCUT2D eigenvalue weighted by Crippen LogP contribution is -2.32. The summed E-state index contributed by atoms with van der Waals surface area (Å²) >= 11 is 5.98. The van der Waals surface area contributed by atoms with Gasteiger partial charge < -0.3 is 15.5 Å². The van der Waals surface area contributed by atoms with Gasteiger partial charge in [0, 0.05) is 35.1 Å². The van der Waals surface area contributed by atoms with Gasteiger partial charge in [-0.25, -0.2) is 0 Å². The van der Waals surface area contributed by atoms with Crippen LogP contribution in [0.1, 0.15) is 42.6 Å². The molecule has 2 amide bonds. The van der Waals surface area contributed by atoms with Crippen molar-refractivity contribution in [1.29, 1.82) is 0 Å². The van der Waals surface area contributed by atoms with Crippen molar-refractivity contribution in [1.82, 2.24) is 4.90 Å². The van der Waals surface area contributed by atoms with Crippen LogP contribution in [0.4, 0.5) is 11.4 Å². The van der Waals surface area contributed by atoms with Crippen molar-refractivity contribution in [2.24, 2.45) is 0 Å². The zero-order chi connectivity index (χ0) is 20.5. The molecule has 0 bridgehead atoms. The van der Waals surface area contributed by atoms with E-state index < -0.39 is 0 Å². The first-order valence-electron chi connectivity index (χ1n) is 9.63. The summed E-state index contributed by atoms with van der Waals surface area (Å²) in [4.78, 5) is 26.7. The molecule has 2 rings (SSSR count). The lowest BCUT2D eigenvalue weighted by molar-refractivity contribution is -0.114. The molecular weight excluding hydrogens is 374 g/mol. The van der Waals surface area contributed by atoms with E-state index in [0.717, 1.165) is 37.2 Å². The number of aryl methyl sites for hydroxylation is 1. The SMILES string of the molecule is CCCN(CCC)C(=O)c1ccc(NCC(=O)Nc2cc(Cl)ccc2C)cc1. The van der Waals surface area contributed by atoms with Gasteiger partial charge >= 0.3 is 0 Å². The van der Waals surface area contributed by atoms with Crippen molar-refractivity contribution in [3.8, 4) is 0 Å². The fourth-order valence-corrected chi connectivity index (χ4v) is 3.05. The average Bonchev–Trinajstić information content (AvgIpc) is 2.69. The van der Waals surface area contributed by atoms with Crippen LogP contribution in [-0.4, -0.2) is 36.3 Å². The fraction of sp³-hybridized carbons (Fsp3) is 0.364. The topological polar surface area (TPSA) is 61.4 Å². The largest absolute Gasteiger partial charge is 0.376 e. The zero-order valence-corrected chi connectivity index (χ0v) is 17.5. The third-order valence-corrected chi connectivity index (χ3v) is 4.57. The minimum Gasteiger partial charge on any atom is -0.376 e. The van der Waals surface area contributed by atoms with Gasteiger partial charge in [0.05, 0.1) is 6.54 Å². The van der Waals surface area contributed by atoms with Gasteiger partial charge in [-0.15, -0.1) is 0 Å². The van der Waals surface area contributed by atoms with Gasteiger partial charge in [0.1, 0.15) is 0 Å². The second-order valence-corrected chi connectivity index (χ2v) is 7.17. The summed E-state index contributed by atoms with van der Waals surface area (Å²) in [6.45, 7) is 7.69. The number of hydrogen-bond acceptors (Lipinski definition) is 3. The van der Waals surface area contributed by atoms with Crippen LogP contribution in [0.3, 0.4) is 0 Å². The second-order valence-electron chi connectivity index (χ2n) is 6.73. The predicted molar refractivity (Wildman–Crippen MR) is 116 cm³/mol. The van der Waals surface area contributed by atoms with Crippen molar-refractivity contribution >= 4 is 34.8 Å². The molecular formula is C22H28ClN3O2. The molecule has 2 N–H and O–H groups in total. The van der Waals surface area contributed by atoms with Crippen molar-refractivity contribution in [2.75, 3.05) is 30.3 Å². The summed E-state index contributed by atoms with van der Waals surface area (Å²) in [6, 6.07) is 12.6. The normalized spacial score (nSPS) is 10.4. The Balaban J connectivity index is 1.92. The van der Waals surface area contributed by atoms with E-state index in [-0.39, 0.29) is 18.4 Å². The molecule has 2 aromatic rings. The summed E-state index contributed by atoms with van der Waals surface area (Å²) in [6.07, 6.45) is 1.87. The van der Waals surface area contributed by atoms with Crippen LogP contribution in [0.25, 0.3) is 0 Å². The number of rotatable bonds is 9. The predicted octanol–water partition coefficient (Wildman–Crippen LogP) is 4.96. The van der Waals surface area contributed by atoms with Crippen LogP contribution in [0, 0.1) is 6.92 Å². The monoisotopic (exact) mass is 401 g/mol. The van der Waals surface area contributed by atoms with E-state index in [9.17, 15) is 9.59 Å². The molecule has 0 heterocycles. The highest BCUT2D eigenvalue weighted by molar-refractivity contribution is 6.31. The molecule has 0 atom stereocenters. The molecule has 2 aromatic carbocycles. The van der Waals surface area contributed by atoms with Gasteiger partial charge in [-0.2, -0.15) is 0 Å². The van der Waals surface area contributed by atoms with Gasteiger partial charge in [0.2, 0.25) is 5.91 Å². The second kappa shape index (κ2) is 10.7. The Morgan fingerprint density at radius 3 is 2.25 bits per heavy atom. The van der Waals surface area contributed by atoms with Crippen LogP contribution in [0.2, 0.25) is 5.02 Å². The van der Waals surface area contributed by atoms with Crippen molar-refractivity contribution in [3.05, 3.63) is 58.6 Å². The minimum atomic E-state index is -0.164. The third-order valence-electron chi connectivity index (χ3n) is 4.33. The molecule has 0 saturated carbocycles. The number of carbonyl (C=O) groups is 2. The zero-order valence-electron chi connectivity index (χ0n) is 16.7. The first kappa shape index (κ1) is 21.8. The first-order chi connectivity index (χ1) is 13.4. The fourth-order valence-electron chi connectivity index (χ4n) is 2.87. The van der Waals surface area contributed by atoms with Crippen molar-refractivity contribution < 1.29 is 9.59 Å². The van der Waals surface area contributed by atoms with E-state index in [2.05, 4.69) is 24.5 Å². The molecule has 28 heavy (non-hydrogen) atoms. The molecule has 0 radical (unpaired) electrons. The number of nitrogens with one attached hydrogen (secondary N) is 2. The standard InChI is InChI=1S/C22H28ClN3O2/c1-4-12-26(13-5-2)22(28)17-7-10-19(11-8-17)24-15-21(27)25-20-14-18(23)9-6-16(20)3/h6-11,14,24H,4-5,12-13,15H2,1-3H3,(H,25,27). The number of hydrogen-bond donors (Lipinski definition) is 2. The van der Waals surface area contributed by atoms with Crippen LogP contribution in [0.5, 0.6) is 0 Å². The number of benzene rings is 2. The van der Waals surface area contributed by atoms with Gasteiger partial charge in [-0.05, 0) is 61.7 Å². The maximum Gasteiger partial charge on any atom is 0.253 e. The molecule has 0 spiro atoms. The quantitative estimate of drug-likeness (QED) is 0.624. The van der Waals surface area contributed by atoms with Gasteiger partial charge in [0.25, 0.3) is 5.91 Å². The molecule has 150 valence electrons. The maximum atomic E-state index is 12.6. The molecule has 0 aliphatic rings. The Morgan fingerprint density at radius 2 is 1.64 bits per heavy atom. The molecule has 0 fully saturated rings. The third kappa shape index (κ3) is 6.27. The lowest BCUT2D eigenvalue weighted by Gasteiger charge is -2.21. The van der Waals surface area contributed by atoms with Gasteiger partial charge in [0.15, 0.2) is 0 Å². The Hall–Kier alpha value is -2.53. The summed E-state index contributed by atoms with van der Waals surface area (Å²) in [7, 11) is 0. The summed E-state index contributed by atoms with van der Waals surface area (Å²) in [5.74, 6) is -0.119.